The van der Waals surface area contributed by atoms with Crippen LogP contribution in [0.2, 0.25) is 0 Å². The first kappa shape index (κ1) is 16.0. The van der Waals surface area contributed by atoms with Gasteiger partial charge in [0.1, 0.15) is 11.9 Å². The Morgan fingerprint density at radius 2 is 1.95 bits per heavy atom. The summed E-state index contributed by atoms with van der Waals surface area (Å²) >= 11 is 0. The molecule has 1 aromatic carbocycles. The molecule has 0 heterocycles. The summed E-state index contributed by atoms with van der Waals surface area (Å²) in [4.78, 5) is 0.235. The molecule has 5 heteroatoms. The van der Waals surface area contributed by atoms with E-state index in [-0.39, 0.29) is 16.6 Å². The van der Waals surface area contributed by atoms with Crippen molar-refractivity contribution in [2.45, 2.75) is 44.3 Å². The van der Waals surface area contributed by atoms with Crippen molar-refractivity contribution in [2.24, 2.45) is 0 Å². The average molecular weight is 285 g/mol. The van der Waals surface area contributed by atoms with Gasteiger partial charge in [0.2, 0.25) is 0 Å². The normalized spacial score (nSPS) is 14.2. The molecule has 107 valence electrons. The Bertz CT molecular complexity index is 497. The van der Waals surface area contributed by atoms with E-state index in [0.29, 0.717) is 12.4 Å². The molecule has 0 saturated carbocycles. The van der Waals surface area contributed by atoms with Crippen LogP contribution >= 0.6 is 0 Å². The Balaban J connectivity index is 2.59. The molecule has 0 aliphatic heterocycles. The Labute approximate surface area is 115 Å². The largest absolute Gasteiger partial charge is 0.488 e. The van der Waals surface area contributed by atoms with Gasteiger partial charge in [-0.1, -0.05) is 0 Å². The second-order valence-corrected chi connectivity index (χ2v) is 7.53. The predicted octanol–water partition coefficient (Wildman–Crippen LogP) is 2.47. The smallest absolute Gasteiger partial charge is 0.175 e. The minimum Gasteiger partial charge on any atom is -0.488 e. The lowest BCUT2D eigenvalue weighted by Gasteiger charge is -2.23. The van der Waals surface area contributed by atoms with Crippen molar-refractivity contribution in [3.05, 3.63) is 24.3 Å². The molecule has 1 atom stereocenters. The van der Waals surface area contributed by atoms with E-state index in [0.717, 1.165) is 6.26 Å². The monoisotopic (exact) mass is 285 g/mol. The second kappa shape index (κ2) is 5.92. The molecule has 0 bridgehead atoms. The van der Waals surface area contributed by atoms with E-state index in [1.165, 1.54) is 12.1 Å². The van der Waals surface area contributed by atoms with Crippen LogP contribution in [-0.4, -0.2) is 33.0 Å². The summed E-state index contributed by atoms with van der Waals surface area (Å²) in [7, 11) is -3.19. The SMILES string of the molecule is CC(COC(C)(C)C)Oc1[c]cc(S(C)(=O)=O)cc1. The highest BCUT2D eigenvalue weighted by Gasteiger charge is 2.14. The molecule has 0 aliphatic carbocycles. The molecule has 1 radical (unpaired) electrons. The van der Waals surface area contributed by atoms with Gasteiger partial charge in [0.15, 0.2) is 9.84 Å². The lowest BCUT2D eigenvalue weighted by Crippen LogP contribution is -2.27. The third-order valence-corrected chi connectivity index (χ3v) is 3.37. The highest BCUT2D eigenvalue weighted by Crippen LogP contribution is 2.17. The van der Waals surface area contributed by atoms with E-state index in [1.54, 1.807) is 6.07 Å². The van der Waals surface area contributed by atoms with Gasteiger partial charge in [-0.25, -0.2) is 8.42 Å². The number of hydrogen-bond acceptors (Lipinski definition) is 4. The van der Waals surface area contributed by atoms with Crippen molar-refractivity contribution >= 4 is 9.84 Å². The van der Waals surface area contributed by atoms with Crippen LogP contribution < -0.4 is 4.74 Å². The van der Waals surface area contributed by atoms with Crippen LogP contribution in [0.3, 0.4) is 0 Å². The number of rotatable bonds is 5. The zero-order valence-electron chi connectivity index (χ0n) is 12.1. The second-order valence-electron chi connectivity index (χ2n) is 5.51. The minimum atomic E-state index is -3.19. The maximum atomic E-state index is 11.3. The van der Waals surface area contributed by atoms with Crippen molar-refractivity contribution in [2.75, 3.05) is 12.9 Å². The molecule has 0 fully saturated rings. The predicted molar refractivity (Wildman–Crippen MR) is 74.2 cm³/mol. The molecule has 0 aromatic heterocycles. The molecule has 19 heavy (non-hydrogen) atoms. The van der Waals surface area contributed by atoms with Crippen molar-refractivity contribution in [3.63, 3.8) is 0 Å². The maximum absolute atomic E-state index is 11.3. The molecule has 0 saturated heterocycles. The fourth-order valence-electron chi connectivity index (χ4n) is 1.32. The Hall–Kier alpha value is -1.07. The Kier molecular flexibility index (Phi) is 4.98. The molecule has 0 N–H and O–H groups in total. The standard InChI is InChI=1S/C14H21O4S/c1-11(10-17-14(2,3)4)18-12-6-8-13(9-7-12)19(5,15)16/h6,8-9,11H,10H2,1-5H3. The molecule has 1 aromatic rings. The highest BCUT2D eigenvalue weighted by atomic mass is 32.2. The first-order valence-electron chi connectivity index (χ1n) is 6.10. The molecule has 0 aliphatic rings. The van der Waals surface area contributed by atoms with Crippen LogP contribution in [0.25, 0.3) is 0 Å². The fraction of sp³-hybridized carbons (Fsp3) is 0.571. The van der Waals surface area contributed by atoms with Crippen LogP contribution in [0, 0.1) is 6.07 Å². The lowest BCUT2D eigenvalue weighted by molar-refractivity contribution is -0.0375. The first-order valence-corrected chi connectivity index (χ1v) is 7.99. The van der Waals surface area contributed by atoms with Crippen molar-refractivity contribution in [3.8, 4) is 5.75 Å². The van der Waals surface area contributed by atoms with Crippen molar-refractivity contribution in [1.82, 2.24) is 0 Å². The minimum absolute atomic E-state index is 0.125. The number of benzene rings is 1. The van der Waals surface area contributed by atoms with Crippen LogP contribution in [0.4, 0.5) is 0 Å². The van der Waals surface area contributed by atoms with Gasteiger partial charge in [0.25, 0.3) is 0 Å². The van der Waals surface area contributed by atoms with Gasteiger partial charge in [0, 0.05) is 12.3 Å². The van der Waals surface area contributed by atoms with E-state index in [4.69, 9.17) is 9.47 Å². The average Bonchev–Trinajstić information content (AvgIpc) is 2.25. The number of sulfone groups is 1. The number of ether oxygens (including phenoxy) is 2. The maximum Gasteiger partial charge on any atom is 0.175 e. The Morgan fingerprint density at radius 1 is 1.32 bits per heavy atom. The molecule has 4 nitrogen and oxygen atoms in total. The third kappa shape index (κ3) is 6.07. The lowest BCUT2D eigenvalue weighted by atomic mass is 10.2. The van der Waals surface area contributed by atoms with E-state index >= 15 is 0 Å². The van der Waals surface area contributed by atoms with E-state index in [1.807, 2.05) is 27.7 Å². The van der Waals surface area contributed by atoms with Gasteiger partial charge >= 0.3 is 0 Å². The van der Waals surface area contributed by atoms with Gasteiger partial charge in [-0.3, -0.25) is 0 Å². The van der Waals surface area contributed by atoms with Gasteiger partial charge < -0.3 is 9.47 Å². The summed E-state index contributed by atoms with van der Waals surface area (Å²) in [6, 6.07) is 7.35. The zero-order valence-corrected chi connectivity index (χ0v) is 12.9. The summed E-state index contributed by atoms with van der Waals surface area (Å²) in [5.74, 6) is 0.511. The van der Waals surface area contributed by atoms with Crippen molar-refractivity contribution in [1.29, 1.82) is 0 Å². The molecule has 1 unspecified atom stereocenters. The van der Waals surface area contributed by atoms with Crippen LogP contribution in [0.5, 0.6) is 5.75 Å². The summed E-state index contributed by atoms with van der Waals surface area (Å²) < 4.78 is 33.8. The van der Waals surface area contributed by atoms with E-state index in [2.05, 4.69) is 6.07 Å². The molecule has 0 spiro atoms. The topological polar surface area (TPSA) is 52.6 Å². The van der Waals surface area contributed by atoms with Gasteiger partial charge in [-0.2, -0.15) is 0 Å². The van der Waals surface area contributed by atoms with Gasteiger partial charge in [-0.15, -0.1) is 0 Å². The molecular formula is C14H21O4S. The molecule has 0 amide bonds. The van der Waals surface area contributed by atoms with Gasteiger partial charge in [-0.05, 0) is 45.9 Å². The third-order valence-electron chi connectivity index (χ3n) is 2.26. The summed E-state index contributed by atoms with van der Waals surface area (Å²) in [6.45, 7) is 8.29. The van der Waals surface area contributed by atoms with Crippen molar-refractivity contribution < 1.29 is 17.9 Å². The van der Waals surface area contributed by atoms with E-state index in [9.17, 15) is 8.42 Å². The van der Waals surface area contributed by atoms with Gasteiger partial charge in [0.05, 0.1) is 17.1 Å². The Morgan fingerprint density at radius 3 is 2.37 bits per heavy atom. The van der Waals surface area contributed by atoms with Crippen LogP contribution in [-0.2, 0) is 14.6 Å². The quantitative estimate of drug-likeness (QED) is 0.834. The van der Waals surface area contributed by atoms with E-state index < -0.39 is 9.84 Å². The summed E-state index contributed by atoms with van der Waals surface area (Å²) in [5.41, 5.74) is -0.207. The summed E-state index contributed by atoms with van der Waals surface area (Å²) in [5, 5.41) is 0. The number of hydrogen-bond donors (Lipinski definition) is 0. The fourth-order valence-corrected chi connectivity index (χ4v) is 1.91. The molecular weight excluding hydrogens is 264 g/mol. The first-order chi connectivity index (χ1) is 8.58. The van der Waals surface area contributed by atoms with Crippen LogP contribution in [0.15, 0.2) is 23.1 Å². The zero-order chi connectivity index (χ0) is 14.7. The molecule has 1 rings (SSSR count). The summed E-state index contributed by atoms with van der Waals surface area (Å²) in [6.07, 6.45) is 1.04. The highest BCUT2D eigenvalue weighted by molar-refractivity contribution is 7.90. The van der Waals surface area contributed by atoms with Crippen LogP contribution in [0.1, 0.15) is 27.7 Å².